The highest BCUT2D eigenvalue weighted by atomic mass is 19.4. The van der Waals surface area contributed by atoms with Gasteiger partial charge in [-0.3, -0.25) is 0 Å². The van der Waals surface area contributed by atoms with Gasteiger partial charge in [0.05, 0.1) is 0 Å². The van der Waals surface area contributed by atoms with E-state index in [1.54, 1.807) is 6.92 Å². The van der Waals surface area contributed by atoms with E-state index >= 15 is 0 Å². The molecule has 1 aromatic rings. The van der Waals surface area contributed by atoms with E-state index in [2.05, 4.69) is 20.7 Å². The third kappa shape index (κ3) is 2.26. The maximum absolute atomic E-state index is 12.7. The Kier molecular flexibility index (Phi) is 2.61. The van der Waals surface area contributed by atoms with Crippen molar-refractivity contribution in [3.05, 3.63) is 11.9 Å². The Balaban J connectivity index is 2.22. The fourth-order valence-electron chi connectivity index (χ4n) is 1.56. The molecule has 1 aliphatic carbocycles. The van der Waals surface area contributed by atoms with Crippen LogP contribution in [0, 0.1) is 6.92 Å². The summed E-state index contributed by atoms with van der Waals surface area (Å²) in [6.07, 6.45) is -4.15. The second-order valence-electron chi connectivity index (χ2n) is 4.03. The van der Waals surface area contributed by atoms with E-state index in [-0.39, 0.29) is 24.5 Å². The first-order valence-corrected chi connectivity index (χ1v) is 5.03. The molecule has 8 heteroatoms. The minimum atomic E-state index is -4.28. The number of nitrogens with zero attached hydrogens (tertiary/aromatic N) is 2. The lowest BCUT2D eigenvalue weighted by molar-refractivity contribution is -0.151. The summed E-state index contributed by atoms with van der Waals surface area (Å²) >= 11 is 0. The lowest BCUT2D eigenvalue weighted by atomic mass is 10.2. The Morgan fingerprint density at radius 3 is 2.35 bits per heavy atom. The number of aromatic nitrogens is 2. The molecule has 0 radical (unpaired) electrons. The average Bonchev–Trinajstić information content (AvgIpc) is 2.97. The van der Waals surface area contributed by atoms with Gasteiger partial charge in [-0.15, -0.1) is 0 Å². The van der Waals surface area contributed by atoms with Crippen molar-refractivity contribution in [1.82, 2.24) is 9.97 Å². The van der Waals surface area contributed by atoms with Crippen molar-refractivity contribution < 1.29 is 13.2 Å². The highest BCUT2D eigenvalue weighted by Gasteiger charge is 2.63. The van der Waals surface area contributed by atoms with Crippen molar-refractivity contribution >= 4 is 11.6 Å². The van der Waals surface area contributed by atoms with Crippen LogP contribution in [0.1, 0.15) is 18.7 Å². The summed E-state index contributed by atoms with van der Waals surface area (Å²) in [6, 6.07) is 1.35. The number of nitrogens with one attached hydrogen (secondary N) is 2. The van der Waals surface area contributed by atoms with Crippen LogP contribution in [0.15, 0.2) is 6.07 Å². The lowest BCUT2D eigenvalue weighted by Gasteiger charge is -2.21. The number of hydrogen-bond donors (Lipinski definition) is 3. The molecule has 0 atom stereocenters. The van der Waals surface area contributed by atoms with Gasteiger partial charge in [-0.2, -0.15) is 13.2 Å². The molecule has 0 amide bonds. The summed E-state index contributed by atoms with van der Waals surface area (Å²) in [5.41, 5.74) is 0.447. The third-order valence-electron chi connectivity index (χ3n) is 2.65. The fraction of sp³-hybridized carbons (Fsp3) is 0.556. The van der Waals surface area contributed by atoms with Gasteiger partial charge in [0.2, 0.25) is 0 Å². The lowest BCUT2D eigenvalue weighted by Crippen LogP contribution is -2.39. The summed E-state index contributed by atoms with van der Waals surface area (Å²) in [5.74, 6) is 5.91. The van der Waals surface area contributed by atoms with Crippen LogP contribution >= 0.6 is 0 Å². The molecule has 1 heterocycles. The van der Waals surface area contributed by atoms with Crippen molar-refractivity contribution in [2.75, 3.05) is 10.7 Å². The molecule has 17 heavy (non-hydrogen) atoms. The van der Waals surface area contributed by atoms with Crippen molar-refractivity contribution in [1.29, 1.82) is 0 Å². The normalized spacial score (nSPS) is 17.7. The molecule has 5 nitrogen and oxygen atoms in total. The van der Waals surface area contributed by atoms with Gasteiger partial charge in [-0.1, -0.05) is 0 Å². The summed E-state index contributed by atoms with van der Waals surface area (Å²) in [5, 5.41) is 2.41. The molecular weight excluding hydrogens is 235 g/mol. The quantitative estimate of drug-likeness (QED) is 0.558. The molecule has 1 aromatic heterocycles. The predicted octanol–water partition coefficient (Wildman–Crippen LogP) is 1.58. The van der Waals surface area contributed by atoms with Gasteiger partial charge < -0.3 is 10.7 Å². The van der Waals surface area contributed by atoms with E-state index in [4.69, 9.17) is 5.84 Å². The number of halogens is 3. The summed E-state index contributed by atoms with van der Waals surface area (Å²) in [4.78, 5) is 7.80. The van der Waals surface area contributed by atoms with Crippen LogP contribution in [0.4, 0.5) is 24.8 Å². The SMILES string of the molecule is Cc1nc(NN)cc(NC2(C(F)(F)F)CC2)n1. The Bertz CT molecular complexity index is 427. The minimum Gasteiger partial charge on any atom is -0.356 e. The number of hydrazine groups is 1. The number of alkyl halides is 3. The highest BCUT2D eigenvalue weighted by molar-refractivity contribution is 5.50. The summed E-state index contributed by atoms with van der Waals surface area (Å²) < 4.78 is 38.2. The first-order chi connectivity index (χ1) is 7.86. The zero-order valence-electron chi connectivity index (χ0n) is 9.10. The molecule has 1 saturated carbocycles. The Labute approximate surface area is 95.6 Å². The molecule has 0 aromatic carbocycles. The number of rotatable bonds is 3. The van der Waals surface area contributed by atoms with Crippen molar-refractivity contribution in [3.8, 4) is 0 Å². The standard InChI is InChI=1S/C9H12F3N5/c1-5-14-6(4-7(15-5)17-13)16-8(2-3-8)9(10,11)12/h4H,2-3,13H2,1H3,(H2,14,15,16,17). The van der Waals surface area contributed by atoms with Gasteiger partial charge in [-0.25, -0.2) is 15.8 Å². The van der Waals surface area contributed by atoms with Crippen molar-refractivity contribution in [2.45, 2.75) is 31.5 Å². The molecular formula is C9H12F3N5. The minimum absolute atomic E-state index is 0.0605. The van der Waals surface area contributed by atoms with E-state index in [0.29, 0.717) is 5.82 Å². The van der Waals surface area contributed by atoms with Crippen molar-refractivity contribution in [3.63, 3.8) is 0 Å². The second kappa shape index (κ2) is 3.73. The van der Waals surface area contributed by atoms with E-state index in [9.17, 15) is 13.2 Å². The molecule has 0 unspecified atom stereocenters. The van der Waals surface area contributed by atoms with Crippen LogP contribution in [0.2, 0.25) is 0 Å². The van der Waals surface area contributed by atoms with Crippen LogP contribution in [0.3, 0.4) is 0 Å². The number of nitrogens with two attached hydrogens (primary N) is 1. The molecule has 0 saturated heterocycles. The Morgan fingerprint density at radius 1 is 1.29 bits per heavy atom. The topological polar surface area (TPSA) is 75.9 Å². The summed E-state index contributed by atoms with van der Waals surface area (Å²) in [7, 11) is 0. The average molecular weight is 247 g/mol. The molecule has 4 N–H and O–H groups in total. The number of anilines is 2. The van der Waals surface area contributed by atoms with E-state index in [0.717, 1.165) is 0 Å². The Hall–Kier alpha value is -1.57. The van der Waals surface area contributed by atoms with E-state index in [1.807, 2.05) is 0 Å². The molecule has 0 bridgehead atoms. The predicted molar refractivity (Wildman–Crippen MR) is 56.2 cm³/mol. The van der Waals surface area contributed by atoms with Gasteiger partial charge in [0.1, 0.15) is 23.0 Å². The van der Waals surface area contributed by atoms with Gasteiger partial charge in [0.25, 0.3) is 0 Å². The van der Waals surface area contributed by atoms with Gasteiger partial charge in [0, 0.05) is 6.07 Å². The Morgan fingerprint density at radius 2 is 1.88 bits per heavy atom. The summed E-state index contributed by atoms with van der Waals surface area (Å²) in [6.45, 7) is 1.58. The van der Waals surface area contributed by atoms with Crippen LogP contribution < -0.4 is 16.6 Å². The molecule has 0 aliphatic heterocycles. The molecule has 1 aliphatic rings. The number of hydrogen-bond acceptors (Lipinski definition) is 5. The van der Waals surface area contributed by atoms with Gasteiger partial charge in [-0.05, 0) is 19.8 Å². The number of nitrogen functional groups attached to an aromatic ring is 1. The maximum Gasteiger partial charge on any atom is 0.411 e. The molecule has 1 fully saturated rings. The monoisotopic (exact) mass is 247 g/mol. The van der Waals surface area contributed by atoms with E-state index < -0.39 is 11.7 Å². The van der Waals surface area contributed by atoms with Crippen molar-refractivity contribution in [2.24, 2.45) is 5.84 Å². The third-order valence-corrected chi connectivity index (χ3v) is 2.65. The fourth-order valence-corrected chi connectivity index (χ4v) is 1.56. The largest absolute Gasteiger partial charge is 0.411 e. The van der Waals surface area contributed by atoms with Crippen LogP contribution in [-0.2, 0) is 0 Å². The van der Waals surface area contributed by atoms with Crippen LogP contribution in [-0.4, -0.2) is 21.7 Å². The van der Waals surface area contributed by atoms with Gasteiger partial charge in [0.15, 0.2) is 0 Å². The molecule has 94 valence electrons. The van der Waals surface area contributed by atoms with E-state index in [1.165, 1.54) is 6.07 Å². The van der Waals surface area contributed by atoms with Gasteiger partial charge >= 0.3 is 6.18 Å². The maximum atomic E-state index is 12.7. The van der Waals surface area contributed by atoms with Crippen LogP contribution in [0.25, 0.3) is 0 Å². The zero-order chi connectivity index (χ0) is 12.7. The first-order valence-electron chi connectivity index (χ1n) is 5.03. The highest BCUT2D eigenvalue weighted by Crippen LogP contribution is 2.51. The van der Waals surface area contributed by atoms with Crippen LogP contribution in [0.5, 0.6) is 0 Å². The molecule has 0 spiro atoms. The smallest absolute Gasteiger partial charge is 0.356 e. The molecule has 2 rings (SSSR count). The zero-order valence-corrected chi connectivity index (χ0v) is 9.10. The number of aryl methyl sites for hydroxylation is 1. The first kappa shape index (κ1) is 11.9. The second-order valence-corrected chi connectivity index (χ2v) is 4.03.